The van der Waals surface area contributed by atoms with E-state index in [4.69, 9.17) is 0 Å². The Labute approximate surface area is 105 Å². The van der Waals surface area contributed by atoms with E-state index >= 15 is 0 Å². The summed E-state index contributed by atoms with van der Waals surface area (Å²) in [6.45, 7) is 0. The molecule has 1 aromatic rings. The van der Waals surface area contributed by atoms with E-state index in [1.165, 1.54) is 12.1 Å². The van der Waals surface area contributed by atoms with Gasteiger partial charge >= 0.3 is 45.6 Å². The van der Waals surface area contributed by atoms with E-state index < -0.39 is 16.1 Å². The first kappa shape index (κ1) is 13.6. The Bertz CT molecular complexity index is 399. The first-order chi connectivity index (χ1) is 5.99. The molecule has 0 N–H and O–H groups in total. The summed E-state index contributed by atoms with van der Waals surface area (Å²) in [6.07, 6.45) is 0.827. The Hall–Kier alpha value is -0.360. The summed E-state index contributed by atoms with van der Waals surface area (Å²) in [7, 11) is -3.72. The Morgan fingerprint density at radius 1 is 1.21 bits per heavy atom. The molecule has 0 radical (unpaired) electrons. The topological polar surface area (TPSA) is 60.4 Å². The van der Waals surface area contributed by atoms with Gasteiger partial charge < -0.3 is 4.18 Å². The molecule has 6 heteroatoms. The van der Waals surface area contributed by atoms with Crippen molar-refractivity contribution < 1.29 is 17.4 Å². The van der Waals surface area contributed by atoms with Crippen molar-refractivity contribution in [3.8, 4) is 0 Å². The van der Waals surface area contributed by atoms with E-state index in [0.29, 0.717) is 0 Å². The molecule has 0 heterocycles. The minimum absolute atomic E-state index is 0. The summed E-state index contributed by atoms with van der Waals surface area (Å²) < 4.78 is 25.3. The molecule has 0 saturated carbocycles. The van der Waals surface area contributed by atoms with Crippen molar-refractivity contribution in [2.75, 3.05) is 6.26 Å². The molecule has 0 aliphatic rings. The van der Waals surface area contributed by atoms with Crippen LogP contribution in [0.4, 0.5) is 0 Å². The van der Waals surface area contributed by atoms with E-state index in [2.05, 4.69) is 4.18 Å². The molecule has 1 rings (SSSR count). The molecular weight excluding hydrogens is 215 g/mol. The third-order valence-electron chi connectivity index (χ3n) is 1.24. The second kappa shape index (κ2) is 5.50. The van der Waals surface area contributed by atoms with E-state index in [0.717, 1.165) is 6.26 Å². The second-order valence-corrected chi connectivity index (χ2v) is 4.02. The molecule has 0 fully saturated rings. The van der Waals surface area contributed by atoms with Gasteiger partial charge in [-0.25, -0.2) is 4.79 Å². The number of carbonyl (C=O) groups is 1. The second-order valence-electron chi connectivity index (χ2n) is 2.44. The van der Waals surface area contributed by atoms with Gasteiger partial charge in [-0.3, -0.25) is 0 Å². The fourth-order valence-corrected chi connectivity index (χ4v) is 1.13. The summed E-state index contributed by atoms with van der Waals surface area (Å²) in [5.74, 6) is -0.858. The quantitative estimate of drug-likeness (QED) is 0.530. The molecule has 0 aliphatic heterocycles. The van der Waals surface area contributed by atoms with E-state index in [1.54, 1.807) is 18.2 Å². The van der Waals surface area contributed by atoms with Gasteiger partial charge in [-0.2, -0.15) is 8.42 Å². The maximum atomic E-state index is 11.1. The van der Waals surface area contributed by atoms with E-state index in [1.807, 2.05) is 0 Å². The molecule has 0 atom stereocenters. The Balaban J connectivity index is 0.00000169. The van der Waals surface area contributed by atoms with E-state index in [-0.39, 0.29) is 35.1 Å². The predicted octanol–water partition coefficient (Wildman–Crippen LogP) is 0.155. The number of benzene rings is 1. The van der Waals surface area contributed by atoms with Gasteiger partial charge in [-0.05, 0) is 12.1 Å². The van der Waals surface area contributed by atoms with Crippen LogP contribution in [-0.2, 0) is 14.3 Å². The van der Waals surface area contributed by atoms with Gasteiger partial charge in [0.1, 0.15) is 0 Å². The number of hydrogen-bond acceptors (Lipinski definition) is 4. The van der Waals surface area contributed by atoms with Crippen molar-refractivity contribution in [3.05, 3.63) is 35.9 Å². The molecule has 0 aliphatic carbocycles. The van der Waals surface area contributed by atoms with E-state index in [9.17, 15) is 13.2 Å². The minimum atomic E-state index is -3.72. The Morgan fingerprint density at radius 3 is 2.14 bits per heavy atom. The first-order valence-corrected chi connectivity index (χ1v) is 5.29. The predicted molar refractivity (Wildman–Crippen MR) is 53.9 cm³/mol. The number of hydrogen-bond donors (Lipinski definition) is 0. The molecule has 1 aromatic carbocycles. The fourth-order valence-electron chi connectivity index (χ4n) is 0.760. The van der Waals surface area contributed by atoms with Gasteiger partial charge in [0.2, 0.25) is 0 Å². The zero-order valence-electron chi connectivity index (χ0n) is 6.93. The van der Waals surface area contributed by atoms with Crippen molar-refractivity contribution in [2.45, 2.75) is 0 Å². The molecule has 0 saturated heterocycles. The average Bonchev–Trinajstić information content (AvgIpc) is 2.03. The average molecular weight is 224 g/mol. The van der Waals surface area contributed by atoms with Crippen LogP contribution in [0.25, 0.3) is 0 Å². The van der Waals surface area contributed by atoms with Crippen molar-refractivity contribution in [3.63, 3.8) is 0 Å². The van der Waals surface area contributed by atoms with Crippen LogP contribution in [0.3, 0.4) is 0 Å². The summed E-state index contributed by atoms with van der Waals surface area (Å²) in [4.78, 5) is 11.1. The van der Waals surface area contributed by atoms with Gasteiger partial charge in [-0.15, -0.1) is 0 Å². The molecule has 14 heavy (non-hydrogen) atoms. The standard InChI is InChI=1S/C8H8O4S.Na.H/c1-13(10,11)12-8(9)7-5-3-2-4-6-7;;/h2-6H,1H3;;. The zero-order chi connectivity index (χ0) is 9.90. The molecule has 0 aromatic heterocycles. The molecular formula is C8H9NaO4S. The van der Waals surface area contributed by atoms with Crippen molar-refractivity contribution in [1.82, 2.24) is 0 Å². The van der Waals surface area contributed by atoms with Gasteiger partial charge in [0.15, 0.2) is 0 Å². The van der Waals surface area contributed by atoms with Crippen LogP contribution in [0, 0.1) is 0 Å². The molecule has 0 amide bonds. The summed E-state index contributed by atoms with van der Waals surface area (Å²) in [6, 6.07) is 7.93. The van der Waals surface area contributed by atoms with Crippen LogP contribution in [0.15, 0.2) is 30.3 Å². The fraction of sp³-hybridized carbons (Fsp3) is 0.125. The Kier molecular flexibility index (Phi) is 5.36. The van der Waals surface area contributed by atoms with Crippen LogP contribution in [0.5, 0.6) is 0 Å². The maximum absolute atomic E-state index is 11.1. The van der Waals surface area contributed by atoms with Crippen molar-refractivity contribution >= 4 is 45.6 Å². The third kappa shape index (κ3) is 4.76. The molecule has 72 valence electrons. The molecule has 0 unspecified atom stereocenters. The monoisotopic (exact) mass is 224 g/mol. The van der Waals surface area contributed by atoms with Crippen molar-refractivity contribution in [1.29, 1.82) is 0 Å². The molecule has 4 nitrogen and oxygen atoms in total. The molecule has 0 spiro atoms. The van der Waals surface area contributed by atoms with Crippen LogP contribution in [0.1, 0.15) is 10.4 Å². The van der Waals surface area contributed by atoms with Gasteiger partial charge in [0.05, 0.1) is 11.8 Å². The summed E-state index contributed by atoms with van der Waals surface area (Å²) >= 11 is 0. The van der Waals surface area contributed by atoms with Crippen molar-refractivity contribution in [2.24, 2.45) is 0 Å². The summed E-state index contributed by atoms with van der Waals surface area (Å²) in [5.41, 5.74) is 0.216. The number of rotatable bonds is 2. The SMILES string of the molecule is CS(=O)(=O)OC(=O)c1ccccc1.[NaH]. The number of carbonyl (C=O) groups excluding carboxylic acids is 1. The summed E-state index contributed by atoms with van der Waals surface area (Å²) in [5, 5.41) is 0. The molecule has 0 bridgehead atoms. The van der Waals surface area contributed by atoms with Gasteiger partial charge in [0, 0.05) is 0 Å². The zero-order valence-corrected chi connectivity index (χ0v) is 7.74. The normalized spacial score (nSPS) is 10.1. The Morgan fingerprint density at radius 2 is 1.71 bits per heavy atom. The van der Waals surface area contributed by atoms with Crippen LogP contribution >= 0.6 is 0 Å². The van der Waals surface area contributed by atoms with Crippen LogP contribution in [0.2, 0.25) is 0 Å². The van der Waals surface area contributed by atoms with Crippen LogP contribution in [-0.4, -0.2) is 50.2 Å². The van der Waals surface area contributed by atoms with Gasteiger partial charge in [-0.1, -0.05) is 18.2 Å². The van der Waals surface area contributed by atoms with Gasteiger partial charge in [0.25, 0.3) is 0 Å². The first-order valence-electron chi connectivity index (χ1n) is 3.48. The van der Waals surface area contributed by atoms with Crippen LogP contribution < -0.4 is 0 Å². The third-order valence-corrected chi connectivity index (χ3v) is 1.69.